The number of hydrogen-bond donors (Lipinski definition) is 0. The second-order valence-electron chi connectivity index (χ2n) is 7.79. The lowest BCUT2D eigenvalue weighted by molar-refractivity contribution is 0.0702. The molecule has 0 radical (unpaired) electrons. The molecule has 1 saturated heterocycles. The molecule has 2 fully saturated rings. The van der Waals surface area contributed by atoms with E-state index >= 15 is 0 Å². The minimum Gasteiger partial charge on any atom is -0.494 e. The number of carbonyl (C=O) groups excluding carboxylic acids is 1. The number of piperidine rings is 1. The molecule has 0 unspecified atom stereocenters. The SMILES string of the molecule is CCOc1cccc(C(=O)N2CCC[C@H](c3nccn3CC3CCC3)C2)c1. The third-order valence-electron chi connectivity index (χ3n) is 5.89. The van der Waals surface area contributed by atoms with Gasteiger partial charge < -0.3 is 14.2 Å². The van der Waals surface area contributed by atoms with Crippen molar-refractivity contribution in [3.63, 3.8) is 0 Å². The van der Waals surface area contributed by atoms with Gasteiger partial charge in [-0.15, -0.1) is 0 Å². The number of nitrogens with zero attached hydrogens (tertiary/aromatic N) is 3. The third-order valence-corrected chi connectivity index (χ3v) is 5.89. The van der Waals surface area contributed by atoms with Crippen LogP contribution in [0.5, 0.6) is 5.75 Å². The molecule has 5 heteroatoms. The minimum atomic E-state index is 0.0957. The summed E-state index contributed by atoms with van der Waals surface area (Å²) in [5, 5.41) is 0. The average Bonchev–Trinajstić information content (AvgIpc) is 3.13. The Morgan fingerprint density at radius 3 is 2.93 bits per heavy atom. The molecule has 2 heterocycles. The molecule has 1 aromatic heterocycles. The van der Waals surface area contributed by atoms with Crippen LogP contribution >= 0.6 is 0 Å². The number of likely N-dealkylation sites (tertiary alicyclic amines) is 1. The van der Waals surface area contributed by atoms with E-state index in [1.54, 1.807) is 0 Å². The Labute approximate surface area is 161 Å². The molecule has 1 aromatic carbocycles. The standard InChI is InChI=1S/C22H29N3O2/c1-2-27-20-10-4-8-18(14-20)22(26)25-12-5-9-19(16-25)21-23-11-13-24(21)15-17-6-3-7-17/h4,8,10-11,13-14,17,19H,2-3,5-7,9,12,15-16H2,1H3/t19-/m0/s1. The van der Waals surface area contributed by atoms with E-state index < -0.39 is 0 Å². The Balaban J connectivity index is 1.46. The maximum atomic E-state index is 13.0. The van der Waals surface area contributed by atoms with E-state index in [2.05, 4.69) is 15.7 Å². The van der Waals surface area contributed by atoms with Gasteiger partial charge in [0.1, 0.15) is 11.6 Å². The van der Waals surface area contributed by atoms with E-state index in [1.165, 1.54) is 19.3 Å². The Bertz CT molecular complexity index is 781. The van der Waals surface area contributed by atoms with Crippen LogP contribution in [0.4, 0.5) is 0 Å². The van der Waals surface area contributed by atoms with Gasteiger partial charge in [-0.2, -0.15) is 0 Å². The van der Waals surface area contributed by atoms with E-state index in [0.29, 0.717) is 18.1 Å². The smallest absolute Gasteiger partial charge is 0.254 e. The van der Waals surface area contributed by atoms with Crippen molar-refractivity contribution in [3.05, 3.63) is 48.0 Å². The quantitative estimate of drug-likeness (QED) is 0.772. The number of hydrogen-bond acceptors (Lipinski definition) is 3. The summed E-state index contributed by atoms with van der Waals surface area (Å²) in [7, 11) is 0. The van der Waals surface area contributed by atoms with Gasteiger partial charge in [-0.1, -0.05) is 12.5 Å². The maximum Gasteiger partial charge on any atom is 0.254 e. The van der Waals surface area contributed by atoms with Crippen LogP contribution in [-0.4, -0.2) is 40.1 Å². The largest absolute Gasteiger partial charge is 0.494 e. The van der Waals surface area contributed by atoms with Crippen LogP contribution in [0.2, 0.25) is 0 Å². The fourth-order valence-corrected chi connectivity index (χ4v) is 4.23. The van der Waals surface area contributed by atoms with Crippen LogP contribution in [0, 0.1) is 5.92 Å². The van der Waals surface area contributed by atoms with E-state index in [9.17, 15) is 4.79 Å². The summed E-state index contributed by atoms with van der Waals surface area (Å²) in [5.41, 5.74) is 0.708. The summed E-state index contributed by atoms with van der Waals surface area (Å²) >= 11 is 0. The predicted octanol–water partition coefficient (Wildman–Crippen LogP) is 4.10. The average molecular weight is 367 g/mol. The molecule has 1 aliphatic carbocycles. The molecule has 1 saturated carbocycles. The number of carbonyl (C=O) groups is 1. The molecule has 1 atom stereocenters. The highest BCUT2D eigenvalue weighted by molar-refractivity contribution is 5.94. The van der Waals surface area contributed by atoms with Crippen LogP contribution < -0.4 is 4.74 Å². The number of aromatic nitrogens is 2. The lowest BCUT2D eigenvalue weighted by Gasteiger charge is -2.34. The van der Waals surface area contributed by atoms with E-state index in [-0.39, 0.29) is 5.91 Å². The van der Waals surface area contributed by atoms with Crippen molar-refractivity contribution in [2.45, 2.75) is 51.5 Å². The zero-order valence-electron chi connectivity index (χ0n) is 16.1. The summed E-state index contributed by atoms with van der Waals surface area (Å²) < 4.78 is 7.88. The Morgan fingerprint density at radius 1 is 1.26 bits per heavy atom. The first-order valence-electron chi connectivity index (χ1n) is 10.3. The highest BCUT2D eigenvalue weighted by Gasteiger charge is 2.29. The topological polar surface area (TPSA) is 47.4 Å². The van der Waals surface area contributed by atoms with Crippen molar-refractivity contribution >= 4 is 5.91 Å². The number of imidazole rings is 1. The normalized spacial score (nSPS) is 20.3. The van der Waals surface area contributed by atoms with Crippen LogP contribution in [0.1, 0.15) is 61.1 Å². The van der Waals surface area contributed by atoms with Gasteiger partial charge in [0.25, 0.3) is 5.91 Å². The van der Waals surface area contributed by atoms with Crippen molar-refractivity contribution in [1.29, 1.82) is 0 Å². The van der Waals surface area contributed by atoms with Crippen molar-refractivity contribution in [2.24, 2.45) is 5.92 Å². The van der Waals surface area contributed by atoms with Gasteiger partial charge in [-0.05, 0) is 56.7 Å². The number of rotatable bonds is 6. The van der Waals surface area contributed by atoms with Crippen LogP contribution in [-0.2, 0) is 6.54 Å². The zero-order valence-corrected chi connectivity index (χ0v) is 16.1. The molecule has 27 heavy (non-hydrogen) atoms. The third kappa shape index (κ3) is 4.02. The molecule has 144 valence electrons. The Morgan fingerprint density at radius 2 is 2.15 bits per heavy atom. The molecule has 1 amide bonds. The molecule has 1 aliphatic heterocycles. The number of benzene rings is 1. The summed E-state index contributed by atoms with van der Waals surface area (Å²) in [6, 6.07) is 7.53. The highest BCUT2D eigenvalue weighted by Crippen LogP contribution is 2.31. The monoisotopic (exact) mass is 367 g/mol. The molecule has 0 spiro atoms. The van der Waals surface area contributed by atoms with Gasteiger partial charge in [0, 0.05) is 43.5 Å². The van der Waals surface area contributed by atoms with Crippen LogP contribution in [0.25, 0.3) is 0 Å². The van der Waals surface area contributed by atoms with Gasteiger partial charge in [-0.3, -0.25) is 4.79 Å². The van der Waals surface area contributed by atoms with Crippen molar-refractivity contribution in [3.8, 4) is 5.75 Å². The van der Waals surface area contributed by atoms with Gasteiger partial charge in [-0.25, -0.2) is 4.98 Å². The molecule has 5 nitrogen and oxygen atoms in total. The van der Waals surface area contributed by atoms with Gasteiger partial charge in [0.05, 0.1) is 6.61 Å². The van der Waals surface area contributed by atoms with Crippen molar-refractivity contribution in [1.82, 2.24) is 14.5 Å². The Kier molecular flexibility index (Phi) is 5.46. The first-order chi connectivity index (χ1) is 13.2. The summed E-state index contributed by atoms with van der Waals surface area (Å²) in [6.07, 6.45) is 10.2. The summed E-state index contributed by atoms with van der Waals surface area (Å²) in [4.78, 5) is 19.7. The van der Waals surface area contributed by atoms with Crippen LogP contribution in [0.3, 0.4) is 0 Å². The molecule has 4 rings (SSSR count). The van der Waals surface area contributed by atoms with Gasteiger partial charge in [0.15, 0.2) is 0 Å². The minimum absolute atomic E-state index is 0.0957. The maximum absolute atomic E-state index is 13.0. The molecule has 0 bridgehead atoms. The lowest BCUT2D eigenvalue weighted by atomic mass is 9.85. The second kappa shape index (κ2) is 8.15. The molecule has 0 N–H and O–H groups in total. The second-order valence-corrected chi connectivity index (χ2v) is 7.79. The fraction of sp³-hybridized carbons (Fsp3) is 0.545. The van der Waals surface area contributed by atoms with E-state index in [1.807, 2.05) is 42.3 Å². The highest BCUT2D eigenvalue weighted by atomic mass is 16.5. The summed E-state index contributed by atoms with van der Waals surface area (Å²) in [6.45, 7) is 5.20. The van der Waals surface area contributed by atoms with Gasteiger partial charge in [0.2, 0.25) is 0 Å². The first kappa shape index (κ1) is 18.1. The van der Waals surface area contributed by atoms with Crippen molar-refractivity contribution < 1.29 is 9.53 Å². The molecule has 2 aliphatic rings. The fourth-order valence-electron chi connectivity index (χ4n) is 4.23. The number of ether oxygens (including phenoxy) is 1. The van der Waals surface area contributed by atoms with Crippen molar-refractivity contribution in [2.75, 3.05) is 19.7 Å². The Hall–Kier alpha value is -2.30. The van der Waals surface area contributed by atoms with E-state index in [4.69, 9.17) is 4.74 Å². The van der Waals surface area contributed by atoms with E-state index in [0.717, 1.165) is 50.0 Å². The summed E-state index contributed by atoms with van der Waals surface area (Å²) in [5.74, 6) is 3.14. The zero-order chi connectivity index (χ0) is 18.6. The predicted molar refractivity (Wildman–Crippen MR) is 105 cm³/mol. The van der Waals surface area contributed by atoms with Gasteiger partial charge >= 0.3 is 0 Å². The lowest BCUT2D eigenvalue weighted by Crippen LogP contribution is -2.40. The van der Waals surface area contributed by atoms with Crippen LogP contribution in [0.15, 0.2) is 36.7 Å². The number of amides is 1. The molecule has 2 aromatic rings. The molecular formula is C22H29N3O2. The molecular weight excluding hydrogens is 338 g/mol. The first-order valence-corrected chi connectivity index (χ1v) is 10.3.